The van der Waals surface area contributed by atoms with Crippen molar-refractivity contribution in [3.63, 3.8) is 0 Å². The van der Waals surface area contributed by atoms with Gasteiger partial charge in [0.05, 0.1) is 20.3 Å². The Bertz CT molecular complexity index is 682. The topological polar surface area (TPSA) is 46.6 Å². The minimum absolute atomic E-state index is 0.343. The number of halogens is 4. The zero-order valence-corrected chi connectivity index (χ0v) is 12.3. The van der Waals surface area contributed by atoms with Gasteiger partial charge in [-0.15, -0.1) is 0 Å². The van der Waals surface area contributed by atoms with Gasteiger partial charge < -0.3 is 26.7 Å². The molecule has 0 saturated heterocycles. The number of benzene rings is 2. The second kappa shape index (κ2) is 8.03. The number of nitrogens with zero attached hydrogens (tertiary/aromatic N) is 2. The highest BCUT2D eigenvalue weighted by molar-refractivity contribution is 6.50. The van der Waals surface area contributed by atoms with Crippen LogP contribution in [0.1, 0.15) is 0 Å². The van der Waals surface area contributed by atoms with Crippen LogP contribution in [0.15, 0.2) is 42.5 Å². The van der Waals surface area contributed by atoms with Crippen LogP contribution in [-0.4, -0.2) is 21.5 Å². The van der Waals surface area contributed by atoms with Gasteiger partial charge in [0.25, 0.3) is 0 Å². The van der Waals surface area contributed by atoms with Crippen LogP contribution in [0.25, 0.3) is 16.1 Å². The summed E-state index contributed by atoms with van der Waals surface area (Å²) in [5.74, 6) is 1.13. The maximum atomic E-state index is 9.75. The molecule has 0 aliphatic rings. The van der Waals surface area contributed by atoms with E-state index in [1.54, 1.807) is 20.3 Å². The van der Waals surface area contributed by atoms with Gasteiger partial charge >= 0.3 is 12.9 Å². The van der Waals surface area contributed by atoms with Gasteiger partial charge in [-0.1, -0.05) is 30.3 Å². The molecule has 0 aliphatic carbocycles. The molecule has 122 valence electrons. The molecule has 2 rings (SSSR count). The average Bonchev–Trinajstić information content (AvgIpc) is 2.52. The Labute approximate surface area is 130 Å². The van der Waals surface area contributed by atoms with Gasteiger partial charge in [-0.2, -0.15) is 0 Å². The standard InChI is InChI=1S/C14H13N2O2.BF4/c1-17-11-8-12(10-6-4-3-5-7-10)14(18-2)13(9-11)16-15;2-1(3,4)5/h3-9H,1-2H3;/q+1;-1. The first-order valence-electron chi connectivity index (χ1n) is 6.34. The lowest BCUT2D eigenvalue weighted by molar-refractivity contribution is 0.368. The van der Waals surface area contributed by atoms with E-state index < -0.39 is 7.25 Å². The SMILES string of the molecule is COc1cc([N+]#N)c(OC)c(-c2ccccc2)c1.F[B-](F)(F)F. The summed E-state index contributed by atoms with van der Waals surface area (Å²) in [4.78, 5) is 3.23. The minimum atomic E-state index is -6.00. The van der Waals surface area contributed by atoms with Crippen molar-refractivity contribution in [3.8, 4) is 22.6 Å². The number of rotatable bonds is 3. The van der Waals surface area contributed by atoms with E-state index in [0.717, 1.165) is 11.1 Å². The molecule has 0 spiro atoms. The van der Waals surface area contributed by atoms with E-state index in [9.17, 15) is 17.3 Å². The Kier molecular flexibility index (Phi) is 6.39. The molecule has 0 N–H and O–H groups in total. The van der Waals surface area contributed by atoms with Crippen molar-refractivity contribution in [3.05, 3.63) is 47.4 Å². The van der Waals surface area contributed by atoms with Gasteiger partial charge in [-0.25, -0.2) is 0 Å². The molecule has 0 amide bonds. The molecule has 2 aromatic rings. The Morgan fingerprint density at radius 1 is 0.957 bits per heavy atom. The minimum Gasteiger partial charge on any atom is -0.496 e. The number of ether oxygens (including phenoxy) is 2. The van der Waals surface area contributed by atoms with Crippen LogP contribution in [-0.2, 0) is 0 Å². The lowest BCUT2D eigenvalue weighted by Gasteiger charge is -2.08. The van der Waals surface area contributed by atoms with E-state index in [1.165, 1.54) is 0 Å². The highest BCUT2D eigenvalue weighted by Crippen LogP contribution is 2.41. The van der Waals surface area contributed by atoms with Crippen molar-refractivity contribution < 1.29 is 26.7 Å². The summed E-state index contributed by atoms with van der Waals surface area (Å²) in [5.41, 5.74) is 2.14. The molecule has 0 saturated carbocycles. The van der Waals surface area contributed by atoms with Crippen LogP contribution in [0, 0.1) is 5.39 Å². The van der Waals surface area contributed by atoms with Crippen molar-refractivity contribution in [1.29, 1.82) is 5.39 Å². The highest BCUT2D eigenvalue weighted by atomic mass is 19.5. The van der Waals surface area contributed by atoms with Gasteiger partial charge in [0.1, 0.15) is 5.75 Å². The predicted octanol–water partition coefficient (Wildman–Crippen LogP) is 5.16. The number of diazo groups is 1. The van der Waals surface area contributed by atoms with Crippen molar-refractivity contribution >= 4 is 12.9 Å². The molecule has 0 radical (unpaired) electrons. The van der Waals surface area contributed by atoms with E-state index in [1.807, 2.05) is 36.4 Å². The first kappa shape index (κ1) is 18.3. The number of methoxy groups -OCH3 is 2. The lowest BCUT2D eigenvalue weighted by atomic mass is 10.0. The summed E-state index contributed by atoms with van der Waals surface area (Å²) in [6.45, 7) is 0. The fraction of sp³-hybridized carbons (Fsp3) is 0.143. The number of hydrogen-bond acceptors (Lipinski definition) is 3. The molecular formula is C14H13BF4N2O2. The molecule has 0 atom stereocenters. The zero-order valence-electron chi connectivity index (χ0n) is 12.3. The van der Waals surface area contributed by atoms with E-state index in [2.05, 4.69) is 4.98 Å². The summed E-state index contributed by atoms with van der Waals surface area (Å²) < 4.78 is 49.5. The monoisotopic (exact) mass is 328 g/mol. The van der Waals surface area contributed by atoms with E-state index in [-0.39, 0.29) is 0 Å². The molecular weight excluding hydrogens is 315 g/mol. The largest absolute Gasteiger partial charge is 0.673 e. The Morgan fingerprint density at radius 3 is 1.96 bits per heavy atom. The van der Waals surface area contributed by atoms with Crippen molar-refractivity contribution in [2.45, 2.75) is 0 Å². The first-order chi connectivity index (χ1) is 10.8. The fourth-order valence-corrected chi connectivity index (χ4v) is 1.83. The molecule has 4 nitrogen and oxygen atoms in total. The van der Waals surface area contributed by atoms with Gasteiger partial charge in [0.2, 0.25) is 11.1 Å². The van der Waals surface area contributed by atoms with E-state index in [4.69, 9.17) is 14.9 Å². The molecule has 0 fully saturated rings. The molecule has 23 heavy (non-hydrogen) atoms. The average molecular weight is 328 g/mol. The maximum Gasteiger partial charge on any atom is 0.673 e. The molecule has 0 aromatic heterocycles. The lowest BCUT2D eigenvalue weighted by Crippen LogP contribution is -2.02. The van der Waals surface area contributed by atoms with Crippen LogP contribution in [0.3, 0.4) is 0 Å². The maximum absolute atomic E-state index is 9.75. The van der Waals surface area contributed by atoms with E-state index in [0.29, 0.717) is 17.2 Å². The Morgan fingerprint density at radius 2 is 1.52 bits per heavy atom. The van der Waals surface area contributed by atoms with Crippen LogP contribution >= 0.6 is 0 Å². The molecule has 0 aliphatic heterocycles. The molecule has 0 unspecified atom stereocenters. The summed E-state index contributed by atoms with van der Waals surface area (Å²) in [7, 11) is -2.89. The van der Waals surface area contributed by atoms with Gasteiger partial charge in [0, 0.05) is 5.56 Å². The third-order valence-electron chi connectivity index (χ3n) is 2.68. The first-order valence-corrected chi connectivity index (χ1v) is 6.34. The normalized spacial score (nSPS) is 10.1. The third-order valence-corrected chi connectivity index (χ3v) is 2.68. The second-order valence-corrected chi connectivity index (χ2v) is 4.19. The second-order valence-electron chi connectivity index (χ2n) is 4.19. The van der Waals surface area contributed by atoms with Crippen LogP contribution in [0.5, 0.6) is 11.5 Å². The van der Waals surface area contributed by atoms with Gasteiger partial charge in [-0.3, -0.25) is 0 Å². The van der Waals surface area contributed by atoms with Gasteiger partial charge in [0.15, 0.2) is 4.98 Å². The smallest absolute Gasteiger partial charge is 0.496 e. The fourth-order valence-electron chi connectivity index (χ4n) is 1.83. The van der Waals surface area contributed by atoms with Gasteiger partial charge in [-0.05, 0) is 11.6 Å². The van der Waals surface area contributed by atoms with Crippen molar-refractivity contribution in [2.24, 2.45) is 0 Å². The van der Waals surface area contributed by atoms with Crippen LogP contribution < -0.4 is 9.47 Å². The molecule has 0 heterocycles. The predicted molar refractivity (Wildman–Crippen MR) is 79.9 cm³/mol. The third kappa shape index (κ3) is 5.86. The van der Waals surface area contributed by atoms with Crippen molar-refractivity contribution in [2.75, 3.05) is 14.2 Å². The summed E-state index contributed by atoms with van der Waals surface area (Å²) in [6, 6.07) is 13.2. The van der Waals surface area contributed by atoms with E-state index >= 15 is 0 Å². The molecule has 2 aromatic carbocycles. The highest BCUT2D eigenvalue weighted by Gasteiger charge is 2.22. The number of hydrogen-bond donors (Lipinski definition) is 0. The van der Waals surface area contributed by atoms with Crippen LogP contribution in [0.4, 0.5) is 23.0 Å². The summed E-state index contributed by atoms with van der Waals surface area (Å²) in [6.07, 6.45) is 0. The zero-order chi connectivity index (χ0) is 17.5. The summed E-state index contributed by atoms with van der Waals surface area (Å²) >= 11 is 0. The molecule has 0 bridgehead atoms. The quantitative estimate of drug-likeness (QED) is 0.444. The van der Waals surface area contributed by atoms with Crippen molar-refractivity contribution in [1.82, 2.24) is 0 Å². The van der Waals surface area contributed by atoms with Crippen LogP contribution in [0.2, 0.25) is 0 Å². The molecule has 9 heteroatoms. The summed E-state index contributed by atoms with van der Waals surface area (Å²) in [5, 5.41) is 9.03. The Balaban J connectivity index is 0.000000463. The Hall–Kier alpha value is -2.76.